The molecule has 1 amide bonds. The molecule has 1 atom stereocenters. The van der Waals surface area contributed by atoms with E-state index in [9.17, 15) is 22.8 Å². The minimum absolute atomic E-state index is 0. The zero-order chi connectivity index (χ0) is 16.8. The smallest absolute Gasteiger partial charge is 0.481 e. The molecule has 0 spiro atoms. The number of nitrogens with one attached hydrogen (secondary N) is 1. The van der Waals surface area contributed by atoms with Crippen molar-refractivity contribution < 1.29 is 32.6 Å². The van der Waals surface area contributed by atoms with Gasteiger partial charge in [-0.2, -0.15) is 0 Å². The van der Waals surface area contributed by atoms with Gasteiger partial charge < -0.3 is 20.9 Å². The van der Waals surface area contributed by atoms with Crippen LogP contribution in [0.25, 0.3) is 0 Å². The van der Waals surface area contributed by atoms with Crippen molar-refractivity contribution in [1.82, 2.24) is 5.32 Å². The van der Waals surface area contributed by atoms with Gasteiger partial charge in [0.1, 0.15) is 5.75 Å². The summed E-state index contributed by atoms with van der Waals surface area (Å²) in [6.07, 6.45) is -5.16. The van der Waals surface area contributed by atoms with Crippen LogP contribution >= 0.6 is 12.4 Å². The molecule has 1 rings (SSSR count). The number of carbonyl (C=O) groups is 2. The molecule has 1 aromatic carbocycles. The van der Waals surface area contributed by atoms with E-state index in [1.165, 1.54) is 12.1 Å². The molecule has 0 aliphatic rings. The van der Waals surface area contributed by atoms with E-state index >= 15 is 0 Å². The van der Waals surface area contributed by atoms with Crippen LogP contribution in [-0.4, -0.2) is 35.9 Å². The maximum Gasteiger partial charge on any atom is 0.573 e. The van der Waals surface area contributed by atoms with Gasteiger partial charge in [0.05, 0.1) is 13.0 Å². The second kappa shape index (κ2) is 9.21. The van der Waals surface area contributed by atoms with Gasteiger partial charge in [-0.1, -0.05) is 12.1 Å². The highest BCUT2D eigenvalue weighted by atomic mass is 35.5. The van der Waals surface area contributed by atoms with Gasteiger partial charge in [0, 0.05) is 6.04 Å². The number of carboxylic acids is 1. The molecule has 4 N–H and O–H groups in total. The standard InChI is InChI=1S/C13H15F3N2O4.ClH/c14-13(15,16)22-10-3-1-2-8(5-10)4-9(6-12(20)21)18-11(19)7-17;/h1-3,5,9H,4,6-7,17H2,(H,18,19)(H,20,21);1H. The van der Waals surface area contributed by atoms with Crippen LogP contribution in [0.2, 0.25) is 0 Å². The van der Waals surface area contributed by atoms with Crippen molar-refractivity contribution in [2.45, 2.75) is 25.2 Å². The Hall–Kier alpha value is -2.00. The summed E-state index contributed by atoms with van der Waals surface area (Å²) in [5, 5.41) is 11.2. The number of amides is 1. The van der Waals surface area contributed by atoms with E-state index in [1.807, 2.05) is 0 Å². The Balaban J connectivity index is 0.00000484. The highest BCUT2D eigenvalue weighted by Crippen LogP contribution is 2.23. The number of nitrogens with two attached hydrogens (primary N) is 1. The lowest BCUT2D eigenvalue weighted by Crippen LogP contribution is -2.41. The van der Waals surface area contributed by atoms with Gasteiger partial charge in [-0.3, -0.25) is 9.59 Å². The van der Waals surface area contributed by atoms with Crippen molar-refractivity contribution in [3.63, 3.8) is 0 Å². The van der Waals surface area contributed by atoms with Crippen LogP contribution in [0.15, 0.2) is 24.3 Å². The first-order valence-corrected chi connectivity index (χ1v) is 6.25. The predicted octanol–water partition coefficient (Wildman–Crippen LogP) is 1.47. The number of rotatable bonds is 7. The monoisotopic (exact) mass is 356 g/mol. The van der Waals surface area contributed by atoms with Crippen molar-refractivity contribution in [3.8, 4) is 5.75 Å². The third-order valence-electron chi connectivity index (χ3n) is 2.59. The maximum absolute atomic E-state index is 12.2. The summed E-state index contributed by atoms with van der Waals surface area (Å²) in [6.45, 7) is -0.312. The second-order valence-corrected chi connectivity index (χ2v) is 4.47. The van der Waals surface area contributed by atoms with Gasteiger partial charge in [-0.05, 0) is 24.1 Å². The molecule has 6 nitrogen and oxygen atoms in total. The first-order chi connectivity index (χ1) is 10.2. The third-order valence-corrected chi connectivity index (χ3v) is 2.59. The van der Waals surface area contributed by atoms with E-state index in [4.69, 9.17) is 10.8 Å². The number of hydrogen-bond donors (Lipinski definition) is 3. The fourth-order valence-corrected chi connectivity index (χ4v) is 1.83. The van der Waals surface area contributed by atoms with Gasteiger partial charge in [0.15, 0.2) is 0 Å². The third kappa shape index (κ3) is 8.89. The minimum atomic E-state index is -4.81. The van der Waals surface area contributed by atoms with Gasteiger partial charge in [-0.25, -0.2) is 0 Å². The predicted molar refractivity (Wildman–Crippen MR) is 77.3 cm³/mol. The average Bonchev–Trinajstić information content (AvgIpc) is 2.35. The Morgan fingerprint density at radius 3 is 2.52 bits per heavy atom. The molecule has 0 radical (unpaired) electrons. The fraction of sp³-hybridized carbons (Fsp3) is 0.385. The van der Waals surface area contributed by atoms with E-state index in [-0.39, 0.29) is 31.8 Å². The molecule has 0 aromatic heterocycles. The molecule has 23 heavy (non-hydrogen) atoms. The van der Waals surface area contributed by atoms with Gasteiger partial charge in [-0.15, -0.1) is 25.6 Å². The molecule has 130 valence electrons. The number of aliphatic carboxylic acids is 1. The SMILES string of the molecule is Cl.NCC(=O)NC(CC(=O)O)Cc1cccc(OC(F)(F)F)c1. The van der Waals surface area contributed by atoms with Crippen LogP contribution < -0.4 is 15.8 Å². The molecule has 1 unspecified atom stereocenters. The maximum atomic E-state index is 12.2. The molecule has 0 bridgehead atoms. The summed E-state index contributed by atoms with van der Waals surface area (Å²) >= 11 is 0. The minimum Gasteiger partial charge on any atom is -0.481 e. The zero-order valence-electron chi connectivity index (χ0n) is 11.8. The van der Waals surface area contributed by atoms with Crippen LogP contribution in [0.3, 0.4) is 0 Å². The quantitative estimate of drug-likeness (QED) is 0.686. The number of ether oxygens (including phenoxy) is 1. The zero-order valence-corrected chi connectivity index (χ0v) is 12.6. The van der Waals surface area contributed by atoms with Gasteiger partial charge >= 0.3 is 12.3 Å². The fourth-order valence-electron chi connectivity index (χ4n) is 1.83. The molecule has 0 saturated carbocycles. The normalized spacial score (nSPS) is 12.0. The number of carbonyl (C=O) groups excluding carboxylic acids is 1. The van der Waals surface area contributed by atoms with Crippen molar-refractivity contribution in [2.75, 3.05) is 6.54 Å². The number of alkyl halides is 3. The van der Waals surface area contributed by atoms with E-state index in [0.717, 1.165) is 12.1 Å². The molecular weight excluding hydrogens is 341 g/mol. The molecule has 0 fully saturated rings. The van der Waals surface area contributed by atoms with Crippen LogP contribution in [0, 0.1) is 0 Å². The lowest BCUT2D eigenvalue weighted by Gasteiger charge is -2.17. The summed E-state index contributed by atoms with van der Waals surface area (Å²) in [4.78, 5) is 22.0. The Labute approximate surface area is 136 Å². The van der Waals surface area contributed by atoms with Crippen LogP contribution in [-0.2, 0) is 16.0 Å². The number of carboxylic acid groups (broad SMARTS) is 1. The molecule has 1 aromatic rings. The molecule has 0 saturated heterocycles. The number of benzene rings is 1. The number of halogens is 4. The lowest BCUT2D eigenvalue weighted by molar-refractivity contribution is -0.274. The topological polar surface area (TPSA) is 102 Å². The molecular formula is C13H16ClF3N2O4. The van der Waals surface area contributed by atoms with Crippen molar-refractivity contribution in [2.24, 2.45) is 5.73 Å². The molecule has 0 aliphatic carbocycles. The van der Waals surface area contributed by atoms with E-state index in [2.05, 4.69) is 10.1 Å². The molecule has 0 heterocycles. The Morgan fingerprint density at radius 1 is 1.35 bits per heavy atom. The highest BCUT2D eigenvalue weighted by molar-refractivity contribution is 5.85. The number of hydrogen-bond acceptors (Lipinski definition) is 4. The van der Waals surface area contributed by atoms with E-state index in [1.54, 1.807) is 0 Å². The average molecular weight is 357 g/mol. The Bertz CT molecular complexity index is 540. The summed E-state index contributed by atoms with van der Waals surface area (Å²) in [6, 6.07) is 4.33. The van der Waals surface area contributed by atoms with Crippen molar-refractivity contribution >= 4 is 24.3 Å². The summed E-state index contributed by atoms with van der Waals surface area (Å²) in [5.41, 5.74) is 5.53. The van der Waals surface area contributed by atoms with Crippen LogP contribution in [0.5, 0.6) is 5.75 Å². The highest BCUT2D eigenvalue weighted by Gasteiger charge is 2.31. The van der Waals surface area contributed by atoms with Crippen LogP contribution in [0.4, 0.5) is 13.2 Å². The Kier molecular flexibility index (Phi) is 8.41. The summed E-state index contributed by atoms with van der Waals surface area (Å²) < 4.78 is 40.2. The van der Waals surface area contributed by atoms with Crippen molar-refractivity contribution in [1.29, 1.82) is 0 Å². The summed E-state index contributed by atoms with van der Waals surface area (Å²) in [7, 11) is 0. The largest absolute Gasteiger partial charge is 0.573 e. The Morgan fingerprint density at radius 2 is 2.00 bits per heavy atom. The van der Waals surface area contributed by atoms with E-state index < -0.39 is 30.0 Å². The van der Waals surface area contributed by atoms with Crippen LogP contribution in [0.1, 0.15) is 12.0 Å². The molecule has 10 heteroatoms. The van der Waals surface area contributed by atoms with E-state index in [0.29, 0.717) is 5.56 Å². The first-order valence-electron chi connectivity index (χ1n) is 6.25. The second-order valence-electron chi connectivity index (χ2n) is 4.47. The lowest BCUT2D eigenvalue weighted by atomic mass is 10.0. The summed E-state index contributed by atoms with van der Waals surface area (Å²) in [5.74, 6) is -2.11. The first kappa shape index (κ1) is 21.0. The van der Waals surface area contributed by atoms with Gasteiger partial charge in [0.2, 0.25) is 5.91 Å². The van der Waals surface area contributed by atoms with Gasteiger partial charge in [0.25, 0.3) is 0 Å². The van der Waals surface area contributed by atoms with Crippen molar-refractivity contribution in [3.05, 3.63) is 29.8 Å². The molecule has 0 aliphatic heterocycles.